The molecule has 0 spiro atoms. The smallest absolute Gasteiger partial charge is 0.315 e. The summed E-state index contributed by atoms with van der Waals surface area (Å²) in [5, 5.41) is 13.9. The lowest BCUT2D eigenvalue weighted by atomic mass is 9.66. The van der Waals surface area contributed by atoms with Crippen molar-refractivity contribution in [3.8, 4) is 0 Å². The van der Waals surface area contributed by atoms with E-state index in [4.69, 9.17) is 9.47 Å². The first-order valence-corrected chi connectivity index (χ1v) is 6.33. The summed E-state index contributed by atoms with van der Waals surface area (Å²) in [6, 6.07) is 0. The van der Waals surface area contributed by atoms with Crippen LogP contribution in [0.3, 0.4) is 0 Å². The summed E-state index contributed by atoms with van der Waals surface area (Å²) in [7, 11) is 0. The second-order valence-corrected chi connectivity index (χ2v) is 4.87. The fourth-order valence-electron chi connectivity index (χ4n) is 2.94. The number of aliphatic hydroxyl groups is 1. The van der Waals surface area contributed by atoms with Crippen molar-refractivity contribution in [2.45, 2.75) is 31.8 Å². The molecule has 98 valence electrons. The van der Waals surface area contributed by atoms with Crippen LogP contribution in [-0.4, -0.2) is 49.6 Å². The molecule has 2 aliphatic heterocycles. The average Bonchev–Trinajstić information content (AvgIpc) is 2.79. The minimum Gasteiger partial charge on any atom is -0.465 e. The van der Waals surface area contributed by atoms with Gasteiger partial charge in [-0.25, -0.2) is 0 Å². The number of esters is 1. The molecule has 1 atom stereocenters. The molecule has 5 nitrogen and oxygen atoms in total. The Morgan fingerprint density at radius 3 is 2.65 bits per heavy atom. The molecular weight excluding hydrogens is 222 g/mol. The molecule has 0 aromatic rings. The molecule has 2 rings (SSSR count). The number of carbonyl (C=O) groups is 1. The fourth-order valence-corrected chi connectivity index (χ4v) is 2.94. The highest BCUT2D eigenvalue weighted by atomic mass is 16.5. The zero-order valence-corrected chi connectivity index (χ0v) is 10.3. The van der Waals surface area contributed by atoms with Crippen molar-refractivity contribution >= 4 is 5.97 Å². The summed E-state index contributed by atoms with van der Waals surface area (Å²) in [5.41, 5.74) is -1.77. The highest BCUT2D eigenvalue weighted by molar-refractivity contribution is 5.79. The number of nitrogens with one attached hydrogen (secondary N) is 1. The maximum Gasteiger partial charge on any atom is 0.315 e. The van der Waals surface area contributed by atoms with Crippen LogP contribution in [0.15, 0.2) is 0 Å². The molecule has 2 N–H and O–H groups in total. The van der Waals surface area contributed by atoms with E-state index in [1.54, 1.807) is 6.92 Å². The molecule has 0 amide bonds. The van der Waals surface area contributed by atoms with E-state index in [-0.39, 0.29) is 5.97 Å². The van der Waals surface area contributed by atoms with Gasteiger partial charge in [0.1, 0.15) is 5.41 Å². The highest BCUT2D eigenvalue weighted by Crippen LogP contribution is 2.45. The Bertz CT molecular complexity index is 280. The molecule has 2 heterocycles. The van der Waals surface area contributed by atoms with Gasteiger partial charge in [-0.05, 0) is 32.7 Å². The second-order valence-electron chi connectivity index (χ2n) is 4.87. The summed E-state index contributed by atoms with van der Waals surface area (Å²) >= 11 is 0. The van der Waals surface area contributed by atoms with Crippen molar-refractivity contribution in [1.29, 1.82) is 0 Å². The maximum atomic E-state index is 12.2. The van der Waals surface area contributed by atoms with Crippen LogP contribution >= 0.6 is 0 Å². The van der Waals surface area contributed by atoms with Gasteiger partial charge in [0.2, 0.25) is 0 Å². The van der Waals surface area contributed by atoms with Gasteiger partial charge < -0.3 is 19.9 Å². The van der Waals surface area contributed by atoms with Gasteiger partial charge in [0.15, 0.2) is 0 Å². The van der Waals surface area contributed by atoms with Gasteiger partial charge >= 0.3 is 5.97 Å². The van der Waals surface area contributed by atoms with Gasteiger partial charge in [0, 0.05) is 19.8 Å². The second kappa shape index (κ2) is 4.92. The van der Waals surface area contributed by atoms with Gasteiger partial charge in [0.05, 0.1) is 12.2 Å². The molecule has 0 aromatic heterocycles. The van der Waals surface area contributed by atoms with Crippen molar-refractivity contribution in [3.63, 3.8) is 0 Å². The quantitative estimate of drug-likeness (QED) is 0.687. The minimum absolute atomic E-state index is 0.269. The van der Waals surface area contributed by atoms with Crippen molar-refractivity contribution in [2.24, 2.45) is 5.41 Å². The molecule has 2 fully saturated rings. The Morgan fingerprint density at radius 1 is 1.41 bits per heavy atom. The van der Waals surface area contributed by atoms with Gasteiger partial charge in [-0.3, -0.25) is 4.79 Å². The number of rotatable bonds is 3. The third kappa shape index (κ3) is 2.07. The number of β-amino-alcohol motifs (C(OH)–C–C–N with tert-alkyl or cyclic N) is 1. The summed E-state index contributed by atoms with van der Waals surface area (Å²) in [4.78, 5) is 12.2. The summed E-state index contributed by atoms with van der Waals surface area (Å²) in [5.74, 6) is -0.269. The van der Waals surface area contributed by atoms with Gasteiger partial charge in [-0.2, -0.15) is 0 Å². The largest absolute Gasteiger partial charge is 0.465 e. The molecule has 1 unspecified atom stereocenters. The van der Waals surface area contributed by atoms with Crippen molar-refractivity contribution in [1.82, 2.24) is 5.32 Å². The highest BCUT2D eigenvalue weighted by Gasteiger charge is 2.58. The maximum absolute atomic E-state index is 12.2. The third-order valence-electron chi connectivity index (χ3n) is 4.04. The van der Waals surface area contributed by atoms with Crippen LogP contribution in [0.1, 0.15) is 26.2 Å². The first-order chi connectivity index (χ1) is 8.15. The monoisotopic (exact) mass is 243 g/mol. The van der Waals surface area contributed by atoms with Crippen LogP contribution in [-0.2, 0) is 14.3 Å². The molecule has 2 saturated heterocycles. The van der Waals surface area contributed by atoms with Crippen LogP contribution in [0.5, 0.6) is 0 Å². The summed E-state index contributed by atoms with van der Waals surface area (Å²) in [6.45, 7) is 4.39. The Hall–Kier alpha value is -0.650. The van der Waals surface area contributed by atoms with E-state index < -0.39 is 11.0 Å². The number of hydrogen-bond acceptors (Lipinski definition) is 5. The van der Waals surface area contributed by atoms with Gasteiger partial charge in [0.25, 0.3) is 0 Å². The zero-order chi connectivity index (χ0) is 12.4. The van der Waals surface area contributed by atoms with E-state index in [0.29, 0.717) is 45.6 Å². The predicted octanol–water partition coefficient (Wildman–Crippen LogP) is 0.0707. The standard InChI is InChI=1S/C12H21NO4/c1-2-17-10(14)11(4-7-16-8-5-11)12(15)3-6-13-9-12/h13,15H,2-9H2,1H3. The van der Waals surface area contributed by atoms with Gasteiger partial charge in [-0.1, -0.05) is 0 Å². The zero-order valence-electron chi connectivity index (χ0n) is 10.3. The van der Waals surface area contributed by atoms with E-state index in [1.807, 2.05) is 0 Å². The Morgan fingerprint density at radius 2 is 2.12 bits per heavy atom. The van der Waals surface area contributed by atoms with Gasteiger partial charge in [-0.15, -0.1) is 0 Å². The molecule has 0 saturated carbocycles. The lowest BCUT2D eigenvalue weighted by Crippen LogP contribution is -2.57. The van der Waals surface area contributed by atoms with E-state index in [0.717, 1.165) is 6.54 Å². The molecule has 0 aromatic carbocycles. The van der Waals surface area contributed by atoms with Crippen LogP contribution in [0.2, 0.25) is 0 Å². The van der Waals surface area contributed by atoms with Crippen LogP contribution < -0.4 is 5.32 Å². The van der Waals surface area contributed by atoms with E-state index in [2.05, 4.69) is 5.32 Å². The number of hydrogen-bond donors (Lipinski definition) is 2. The van der Waals surface area contributed by atoms with Crippen LogP contribution in [0, 0.1) is 5.41 Å². The van der Waals surface area contributed by atoms with E-state index in [1.165, 1.54) is 0 Å². The van der Waals surface area contributed by atoms with Crippen molar-refractivity contribution in [2.75, 3.05) is 32.9 Å². The normalized spacial score (nSPS) is 32.4. The van der Waals surface area contributed by atoms with E-state index in [9.17, 15) is 9.90 Å². The summed E-state index contributed by atoms with van der Waals surface area (Å²) in [6.07, 6.45) is 1.69. The lowest BCUT2D eigenvalue weighted by Gasteiger charge is -2.44. The van der Waals surface area contributed by atoms with Crippen molar-refractivity contribution in [3.05, 3.63) is 0 Å². The Balaban J connectivity index is 2.25. The van der Waals surface area contributed by atoms with Crippen LogP contribution in [0.25, 0.3) is 0 Å². The first-order valence-electron chi connectivity index (χ1n) is 6.33. The van der Waals surface area contributed by atoms with E-state index >= 15 is 0 Å². The molecule has 0 aliphatic carbocycles. The molecule has 2 aliphatic rings. The minimum atomic E-state index is -0.983. The summed E-state index contributed by atoms with van der Waals surface area (Å²) < 4.78 is 10.5. The molecule has 5 heteroatoms. The van der Waals surface area contributed by atoms with Crippen molar-refractivity contribution < 1.29 is 19.4 Å². The first kappa shape index (κ1) is 12.8. The topological polar surface area (TPSA) is 67.8 Å². The number of ether oxygens (including phenoxy) is 2. The molecule has 0 radical (unpaired) electrons. The SMILES string of the molecule is CCOC(=O)C1(C2(O)CCNC2)CCOCC1. The Labute approximate surface area is 101 Å². The number of carbonyl (C=O) groups excluding carboxylic acids is 1. The molecule has 0 bridgehead atoms. The molecule has 17 heavy (non-hydrogen) atoms. The fraction of sp³-hybridized carbons (Fsp3) is 0.917. The van der Waals surface area contributed by atoms with Crippen LogP contribution in [0.4, 0.5) is 0 Å². The average molecular weight is 243 g/mol. The predicted molar refractivity (Wildman–Crippen MR) is 61.6 cm³/mol. The lowest BCUT2D eigenvalue weighted by molar-refractivity contribution is -0.186. The third-order valence-corrected chi connectivity index (χ3v) is 4.04. The Kier molecular flexibility index (Phi) is 3.70. The molecular formula is C12H21NO4.